The molecular weight excluding hydrogens is 428 g/mol. The first-order chi connectivity index (χ1) is 15.4. The molecule has 1 fully saturated rings. The Morgan fingerprint density at radius 2 is 1.62 bits per heavy atom. The number of rotatable bonds is 10. The Morgan fingerprint density at radius 3 is 2.22 bits per heavy atom. The zero-order valence-electron chi connectivity index (χ0n) is 18.1. The Bertz CT molecular complexity index is 1270. The second-order valence-corrected chi connectivity index (χ2v) is 9.85. The fourth-order valence-corrected chi connectivity index (χ4v) is 5.01. The maximum atomic E-state index is 12.8. The minimum Gasteiger partial charge on any atom is -0.352 e. The minimum absolute atomic E-state index is 0.0578. The van der Waals surface area contributed by atoms with Crippen molar-refractivity contribution in [1.82, 2.24) is 19.2 Å². The van der Waals surface area contributed by atoms with Gasteiger partial charge in [0.25, 0.3) is 0 Å². The highest BCUT2D eigenvalue weighted by atomic mass is 32.2. The van der Waals surface area contributed by atoms with Crippen molar-refractivity contribution in [1.29, 1.82) is 0 Å². The largest absolute Gasteiger partial charge is 0.352 e. The summed E-state index contributed by atoms with van der Waals surface area (Å²) in [5.74, 6) is -0.170. The van der Waals surface area contributed by atoms with Crippen LogP contribution in [0.3, 0.4) is 0 Å². The fourth-order valence-electron chi connectivity index (χ4n) is 3.71. The maximum absolute atomic E-state index is 12.8. The number of hydrogen-bond donors (Lipinski definition) is 2. The molecule has 8 nitrogen and oxygen atoms in total. The van der Waals surface area contributed by atoms with E-state index in [0.29, 0.717) is 19.6 Å². The fraction of sp³-hybridized carbons (Fsp3) is 0.391. The summed E-state index contributed by atoms with van der Waals surface area (Å²) in [5.41, 5.74) is 2.42. The molecule has 0 unspecified atom stereocenters. The molecule has 1 saturated carbocycles. The van der Waals surface area contributed by atoms with Gasteiger partial charge < -0.3 is 5.32 Å². The summed E-state index contributed by atoms with van der Waals surface area (Å²) in [4.78, 5) is 25.4. The molecule has 32 heavy (non-hydrogen) atoms. The molecule has 1 aromatic heterocycles. The Kier molecular flexibility index (Phi) is 6.48. The number of imidazole rings is 1. The van der Waals surface area contributed by atoms with Crippen molar-refractivity contribution in [2.24, 2.45) is 0 Å². The molecule has 0 aliphatic heterocycles. The van der Waals surface area contributed by atoms with Gasteiger partial charge in [0.15, 0.2) is 0 Å². The Balaban J connectivity index is 1.35. The molecule has 1 amide bonds. The van der Waals surface area contributed by atoms with Crippen LogP contribution < -0.4 is 15.7 Å². The number of benzene rings is 2. The molecule has 0 saturated heterocycles. The van der Waals surface area contributed by atoms with Crippen LogP contribution in [0.2, 0.25) is 0 Å². The van der Waals surface area contributed by atoms with Gasteiger partial charge >= 0.3 is 5.69 Å². The van der Waals surface area contributed by atoms with Crippen LogP contribution in [0, 0.1) is 0 Å². The van der Waals surface area contributed by atoms with Gasteiger partial charge in [-0.15, -0.1) is 0 Å². The summed E-state index contributed by atoms with van der Waals surface area (Å²) in [6.45, 7) is 3.26. The first-order valence-corrected chi connectivity index (χ1v) is 12.4. The van der Waals surface area contributed by atoms with E-state index in [4.69, 9.17) is 0 Å². The van der Waals surface area contributed by atoms with E-state index in [-0.39, 0.29) is 29.0 Å². The number of aromatic nitrogens is 2. The average Bonchev–Trinajstić information content (AvgIpc) is 3.55. The maximum Gasteiger partial charge on any atom is 0.329 e. The van der Waals surface area contributed by atoms with E-state index >= 15 is 0 Å². The van der Waals surface area contributed by atoms with Crippen molar-refractivity contribution in [3.05, 3.63) is 64.6 Å². The van der Waals surface area contributed by atoms with Gasteiger partial charge in [-0.25, -0.2) is 17.9 Å². The van der Waals surface area contributed by atoms with Crippen LogP contribution in [-0.2, 0) is 34.5 Å². The number of nitrogens with zero attached hydrogens (tertiary/aromatic N) is 2. The zero-order chi connectivity index (χ0) is 22.7. The Hall–Kier alpha value is -2.91. The number of aryl methyl sites for hydroxylation is 2. The summed E-state index contributed by atoms with van der Waals surface area (Å²) in [6, 6.07) is 14.2. The van der Waals surface area contributed by atoms with E-state index in [9.17, 15) is 18.0 Å². The number of carbonyl (C=O) groups excluding carboxylic acids is 1. The molecule has 0 radical (unpaired) electrons. The van der Waals surface area contributed by atoms with E-state index in [2.05, 4.69) is 10.0 Å². The van der Waals surface area contributed by atoms with Crippen LogP contribution in [-0.4, -0.2) is 29.5 Å². The third-order valence-electron chi connectivity index (χ3n) is 5.56. The van der Waals surface area contributed by atoms with Crippen LogP contribution in [0.5, 0.6) is 0 Å². The first kappa shape index (κ1) is 22.3. The molecule has 1 aliphatic rings. The summed E-state index contributed by atoms with van der Waals surface area (Å²) in [6.07, 6.45) is 2.80. The van der Waals surface area contributed by atoms with Crippen molar-refractivity contribution >= 4 is 27.0 Å². The summed E-state index contributed by atoms with van der Waals surface area (Å²) in [7, 11) is -3.48. The SMILES string of the molecule is CCCn1c(=O)n(CCC(=O)NCc2ccc(S(=O)(=O)NC3CC3)cc2)c2ccccc21. The molecule has 2 N–H and O–H groups in total. The summed E-state index contributed by atoms with van der Waals surface area (Å²) < 4.78 is 30.5. The van der Waals surface area contributed by atoms with E-state index in [1.807, 2.05) is 31.2 Å². The van der Waals surface area contributed by atoms with Gasteiger partial charge in [0.05, 0.1) is 15.9 Å². The summed E-state index contributed by atoms with van der Waals surface area (Å²) in [5, 5.41) is 2.84. The van der Waals surface area contributed by atoms with Crippen LogP contribution >= 0.6 is 0 Å². The van der Waals surface area contributed by atoms with Crippen LogP contribution in [0.4, 0.5) is 0 Å². The second kappa shape index (κ2) is 9.30. The van der Waals surface area contributed by atoms with Crippen LogP contribution in [0.15, 0.2) is 58.2 Å². The monoisotopic (exact) mass is 456 g/mol. The molecule has 4 rings (SSSR count). The molecule has 170 valence electrons. The molecular formula is C23H28N4O4S. The van der Waals surface area contributed by atoms with Crippen molar-refractivity contribution in [2.75, 3.05) is 0 Å². The van der Waals surface area contributed by atoms with Gasteiger partial charge in [-0.2, -0.15) is 0 Å². The molecule has 0 bridgehead atoms. The van der Waals surface area contributed by atoms with Gasteiger partial charge in [0.2, 0.25) is 15.9 Å². The van der Waals surface area contributed by atoms with Crippen molar-refractivity contribution in [2.45, 2.75) is 63.2 Å². The normalized spacial score (nSPS) is 14.0. The highest BCUT2D eigenvalue weighted by Gasteiger charge is 2.27. The van der Waals surface area contributed by atoms with Crippen LogP contribution in [0.25, 0.3) is 11.0 Å². The lowest BCUT2D eigenvalue weighted by molar-refractivity contribution is -0.121. The van der Waals surface area contributed by atoms with E-state index in [1.54, 1.807) is 33.4 Å². The molecule has 9 heteroatoms. The molecule has 0 atom stereocenters. The third-order valence-corrected chi connectivity index (χ3v) is 7.09. The highest BCUT2D eigenvalue weighted by Crippen LogP contribution is 2.22. The lowest BCUT2D eigenvalue weighted by Gasteiger charge is -2.08. The van der Waals surface area contributed by atoms with Gasteiger partial charge in [-0.1, -0.05) is 31.2 Å². The predicted molar refractivity (Wildman–Crippen MR) is 123 cm³/mol. The van der Waals surface area contributed by atoms with Gasteiger partial charge in [-0.3, -0.25) is 13.9 Å². The summed E-state index contributed by atoms with van der Waals surface area (Å²) >= 11 is 0. The molecule has 1 heterocycles. The number of amides is 1. The van der Waals surface area contributed by atoms with Crippen LogP contribution in [0.1, 0.15) is 38.2 Å². The standard InChI is InChI=1S/C23H28N4O4S/c1-2-14-26-20-5-3-4-6-21(20)27(23(26)29)15-13-22(28)24-16-17-7-11-19(12-8-17)32(30,31)25-18-9-10-18/h3-8,11-12,18,25H,2,9-10,13-16H2,1H3,(H,24,28). The number of hydrogen-bond acceptors (Lipinski definition) is 4. The Labute approximate surface area is 187 Å². The Morgan fingerprint density at radius 1 is 1.00 bits per heavy atom. The molecule has 0 spiro atoms. The highest BCUT2D eigenvalue weighted by molar-refractivity contribution is 7.89. The van der Waals surface area contributed by atoms with Gasteiger partial charge in [-0.05, 0) is 49.1 Å². The van der Waals surface area contributed by atoms with E-state index < -0.39 is 10.0 Å². The van der Waals surface area contributed by atoms with Crippen molar-refractivity contribution < 1.29 is 13.2 Å². The van der Waals surface area contributed by atoms with Gasteiger partial charge in [0.1, 0.15) is 0 Å². The lowest BCUT2D eigenvalue weighted by Crippen LogP contribution is -2.28. The van der Waals surface area contributed by atoms with E-state index in [0.717, 1.165) is 35.9 Å². The van der Waals surface area contributed by atoms with Crippen molar-refractivity contribution in [3.63, 3.8) is 0 Å². The topological polar surface area (TPSA) is 102 Å². The number of sulfonamides is 1. The lowest BCUT2D eigenvalue weighted by atomic mass is 10.2. The number of nitrogens with one attached hydrogen (secondary N) is 2. The van der Waals surface area contributed by atoms with Crippen molar-refractivity contribution in [3.8, 4) is 0 Å². The quantitative estimate of drug-likeness (QED) is 0.489. The third kappa shape index (κ3) is 4.94. The first-order valence-electron chi connectivity index (χ1n) is 10.9. The van der Waals surface area contributed by atoms with E-state index in [1.165, 1.54) is 0 Å². The molecule has 3 aromatic rings. The minimum atomic E-state index is -3.48. The smallest absolute Gasteiger partial charge is 0.329 e. The predicted octanol–water partition coefficient (Wildman–Crippen LogP) is 2.36. The molecule has 1 aliphatic carbocycles. The zero-order valence-corrected chi connectivity index (χ0v) is 18.9. The second-order valence-electron chi connectivity index (χ2n) is 8.14. The number of fused-ring (bicyclic) bond motifs is 1. The number of para-hydroxylation sites is 2. The molecule has 2 aromatic carbocycles. The van der Waals surface area contributed by atoms with Gasteiger partial charge in [0, 0.05) is 32.1 Å². The number of carbonyl (C=O) groups is 1. The average molecular weight is 457 g/mol.